The predicted molar refractivity (Wildman–Crippen MR) is 79.9 cm³/mol. The van der Waals surface area contributed by atoms with Crippen molar-refractivity contribution >= 4 is 0 Å². The summed E-state index contributed by atoms with van der Waals surface area (Å²) in [5.41, 5.74) is 1.29. The Labute approximate surface area is 122 Å². The largest absolute Gasteiger partial charge is 0.487 e. The topological polar surface area (TPSA) is 36.9 Å². The van der Waals surface area contributed by atoms with Crippen LogP contribution in [0.4, 0.5) is 0 Å². The molecule has 0 saturated heterocycles. The van der Waals surface area contributed by atoms with Gasteiger partial charge in [0.05, 0.1) is 13.2 Å². The van der Waals surface area contributed by atoms with Gasteiger partial charge in [-0.15, -0.1) is 0 Å². The average molecular weight is 282 g/mol. The number of benzene rings is 1. The zero-order valence-electron chi connectivity index (χ0n) is 13.2. The molecule has 0 spiro atoms. The van der Waals surface area contributed by atoms with Crippen LogP contribution in [0.25, 0.3) is 0 Å². The molecular weight excluding hydrogens is 256 g/mol. The lowest BCUT2D eigenvalue weighted by Crippen LogP contribution is -2.13. The first kappa shape index (κ1) is 16.8. The van der Waals surface area contributed by atoms with E-state index in [0.29, 0.717) is 26.4 Å². The molecule has 114 valence electrons. The van der Waals surface area contributed by atoms with Crippen LogP contribution < -0.4 is 9.47 Å². The number of ether oxygens (including phenoxy) is 4. The molecule has 1 rings (SSSR count). The Morgan fingerprint density at radius 3 is 1.85 bits per heavy atom. The van der Waals surface area contributed by atoms with Crippen LogP contribution in [-0.4, -0.2) is 40.6 Å². The first-order valence-electron chi connectivity index (χ1n) is 6.87. The van der Waals surface area contributed by atoms with E-state index < -0.39 is 0 Å². The van der Waals surface area contributed by atoms with Crippen LogP contribution in [0.2, 0.25) is 0 Å². The Morgan fingerprint density at radius 1 is 0.800 bits per heavy atom. The first-order valence-corrected chi connectivity index (χ1v) is 6.87. The Kier molecular flexibility index (Phi) is 6.82. The van der Waals surface area contributed by atoms with Gasteiger partial charge in [-0.1, -0.05) is 26.8 Å². The second-order valence-corrected chi connectivity index (χ2v) is 5.59. The third-order valence-electron chi connectivity index (χ3n) is 2.90. The average Bonchev–Trinajstić information content (AvgIpc) is 2.39. The predicted octanol–water partition coefficient (Wildman–Crippen LogP) is 3.03. The molecule has 0 N–H and O–H groups in total. The molecule has 0 heterocycles. The molecule has 0 bridgehead atoms. The van der Waals surface area contributed by atoms with Gasteiger partial charge in [0.2, 0.25) is 0 Å². The Bertz CT molecular complexity index is 396. The number of rotatable bonds is 8. The third kappa shape index (κ3) is 5.39. The third-order valence-corrected chi connectivity index (χ3v) is 2.90. The Balaban J connectivity index is 2.85. The standard InChI is InChI=1S/C16H26O4/c1-16(2,3)13-6-7-14(19-10-8-17-4)15(12-13)20-11-9-18-5/h6-7,12H,8-11H2,1-5H3. The SMILES string of the molecule is COCCOc1ccc(C(C)(C)C)cc1OCCOC. The van der Waals surface area contributed by atoms with Crippen LogP contribution >= 0.6 is 0 Å². The summed E-state index contributed by atoms with van der Waals surface area (Å²) in [4.78, 5) is 0. The van der Waals surface area contributed by atoms with Crippen molar-refractivity contribution in [2.24, 2.45) is 0 Å². The molecule has 4 heteroatoms. The lowest BCUT2D eigenvalue weighted by atomic mass is 9.87. The van der Waals surface area contributed by atoms with Crippen LogP contribution in [-0.2, 0) is 14.9 Å². The number of hydrogen-bond acceptors (Lipinski definition) is 4. The van der Waals surface area contributed by atoms with Gasteiger partial charge in [0.1, 0.15) is 13.2 Å². The zero-order valence-corrected chi connectivity index (χ0v) is 13.2. The molecule has 0 radical (unpaired) electrons. The van der Waals surface area contributed by atoms with E-state index in [1.807, 2.05) is 12.1 Å². The van der Waals surface area contributed by atoms with Gasteiger partial charge in [-0.2, -0.15) is 0 Å². The monoisotopic (exact) mass is 282 g/mol. The second kappa shape index (κ2) is 8.12. The molecule has 20 heavy (non-hydrogen) atoms. The fourth-order valence-corrected chi connectivity index (χ4v) is 1.68. The molecule has 0 aliphatic rings. The highest BCUT2D eigenvalue weighted by Crippen LogP contribution is 2.33. The molecule has 0 amide bonds. The van der Waals surface area contributed by atoms with E-state index in [-0.39, 0.29) is 5.41 Å². The molecule has 0 fully saturated rings. The molecular formula is C16H26O4. The van der Waals surface area contributed by atoms with Crippen molar-refractivity contribution in [3.63, 3.8) is 0 Å². The van der Waals surface area contributed by atoms with Crippen molar-refractivity contribution in [1.29, 1.82) is 0 Å². The van der Waals surface area contributed by atoms with Gasteiger partial charge in [0, 0.05) is 14.2 Å². The van der Waals surface area contributed by atoms with E-state index in [2.05, 4.69) is 26.8 Å². The van der Waals surface area contributed by atoms with E-state index in [4.69, 9.17) is 18.9 Å². The molecule has 4 nitrogen and oxygen atoms in total. The minimum absolute atomic E-state index is 0.0738. The Hall–Kier alpha value is -1.26. The summed E-state index contributed by atoms with van der Waals surface area (Å²) in [6.07, 6.45) is 0. The molecule has 1 aromatic rings. The van der Waals surface area contributed by atoms with Crippen molar-refractivity contribution in [3.8, 4) is 11.5 Å². The van der Waals surface area contributed by atoms with Crippen molar-refractivity contribution in [2.45, 2.75) is 26.2 Å². The fraction of sp³-hybridized carbons (Fsp3) is 0.625. The van der Waals surface area contributed by atoms with Gasteiger partial charge >= 0.3 is 0 Å². The van der Waals surface area contributed by atoms with Crippen molar-refractivity contribution < 1.29 is 18.9 Å². The maximum absolute atomic E-state index is 5.75. The minimum atomic E-state index is 0.0738. The summed E-state index contributed by atoms with van der Waals surface area (Å²) in [6, 6.07) is 6.07. The van der Waals surface area contributed by atoms with Crippen LogP contribution in [0.15, 0.2) is 18.2 Å². The highest BCUT2D eigenvalue weighted by Gasteiger charge is 2.16. The highest BCUT2D eigenvalue weighted by molar-refractivity contribution is 5.44. The van der Waals surface area contributed by atoms with Crippen LogP contribution in [0.3, 0.4) is 0 Å². The lowest BCUT2D eigenvalue weighted by molar-refractivity contribution is 0.132. The van der Waals surface area contributed by atoms with Gasteiger partial charge < -0.3 is 18.9 Å². The van der Waals surface area contributed by atoms with Crippen molar-refractivity contribution in [2.75, 3.05) is 40.6 Å². The smallest absolute Gasteiger partial charge is 0.161 e. The van der Waals surface area contributed by atoms with Gasteiger partial charge in [-0.05, 0) is 23.1 Å². The fourth-order valence-electron chi connectivity index (χ4n) is 1.68. The summed E-state index contributed by atoms with van der Waals surface area (Å²) >= 11 is 0. The van der Waals surface area contributed by atoms with E-state index >= 15 is 0 Å². The normalized spacial score (nSPS) is 11.4. The first-order chi connectivity index (χ1) is 9.49. The van der Waals surface area contributed by atoms with Crippen molar-refractivity contribution in [3.05, 3.63) is 23.8 Å². The highest BCUT2D eigenvalue weighted by atomic mass is 16.5. The molecule has 0 atom stereocenters. The van der Waals surface area contributed by atoms with Crippen molar-refractivity contribution in [1.82, 2.24) is 0 Å². The van der Waals surface area contributed by atoms with Gasteiger partial charge in [-0.3, -0.25) is 0 Å². The number of hydrogen-bond donors (Lipinski definition) is 0. The number of methoxy groups -OCH3 is 2. The molecule has 0 aliphatic carbocycles. The summed E-state index contributed by atoms with van der Waals surface area (Å²) in [6.45, 7) is 8.64. The summed E-state index contributed by atoms with van der Waals surface area (Å²) in [5, 5.41) is 0. The van der Waals surface area contributed by atoms with Gasteiger partial charge in [-0.25, -0.2) is 0 Å². The lowest BCUT2D eigenvalue weighted by Gasteiger charge is -2.21. The van der Waals surface area contributed by atoms with E-state index in [1.54, 1.807) is 14.2 Å². The van der Waals surface area contributed by atoms with E-state index in [0.717, 1.165) is 11.5 Å². The van der Waals surface area contributed by atoms with Crippen LogP contribution in [0.5, 0.6) is 11.5 Å². The second-order valence-electron chi connectivity index (χ2n) is 5.59. The Morgan fingerprint density at radius 2 is 1.35 bits per heavy atom. The summed E-state index contributed by atoms with van der Waals surface area (Å²) in [5.74, 6) is 1.50. The molecule has 0 saturated carbocycles. The van der Waals surface area contributed by atoms with E-state index in [1.165, 1.54) is 5.56 Å². The maximum Gasteiger partial charge on any atom is 0.161 e. The maximum atomic E-state index is 5.75. The molecule has 0 aliphatic heterocycles. The molecule has 0 aromatic heterocycles. The zero-order chi connectivity index (χ0) is 15.0. The minimum Gasteiger partial charge on any atom is -0.487 e. The molecule has 1 aromatic carbocycles. The summed E-state index contributed by atoms with van der Waals surface area (Å²) < 4.78 is 21.4. The summed E-state index contributed by atoms with van der Waals surface area (Å²) in [7, 11) is 3.31. The van der Waals surface area contributed by atoms with Crippen LogP contribution in [0.1, 0.15) is 26.3 Å². The van der Waals surface area contributed by atoms with Gasteiger partial charge in [0.15, 0.2) is 11.5 Å². The molecule has 0 unspecified atom stereocenters. The van der Waals surface area contributed by atoms with Gasteiger partial charge in [0.25, 0.3) is 0 Å². The van der Waals surface area contributed by atoms with Crippen LogP contribution in [0, 0.1) is 0 Å². The quantitative estimate of drug-likeness (QED) is 0.687. The van der Waals surface area contributed by atoms with E-state index in [9.17, 15) is 0 Å².